The van der Waals surface area contributed by atoms with Gasteiger partial charge in [0.2, 0.25) is 0 Å². The molecule has 0 saturated heterocycles. The summed E-state index contributed by atoms with van der Waals surface area (Å²) >= 11 is 0. The Labute approximate surface area is 803 Å². The normalized spacial score (nSPS) is 41.3. The van der Waals surface area contributed by atoms with Crippen LogP contribution in [0.4, 0.5) is 39.5 Å². The Morgan fingerprint density at radius 1 is 0.348 bits per heavy atom. The van der Waals surface area contributed by atoms with Gasteiger partial charge in [-0.1, -0.05) is 50.3 Å². The second kappa shape index (κ2) is 36.6. The summed E-state index contributed by atoms with van der Waals surface area (Å²) in [7, 11) is 2.04. The molecule has 28 heteroatoms. The van der Waals surface area contributed by atoms with Crippen molar-refractivity contribution in [1.29, 1.82) is 0 Å². The van der Waals surface area contributed by atoms with Crippen LogP contribution in [-0.2, 0) is 52.3 Å². The molecular formula is C110H142F9N11O8. The molecule has 4 aromatic heterocycles. The Morgan fingerprint density at radius 3 is 1.15 bits per heavy atom. The fourth-order valence-corrected chi connectivity index (χ4v) is 36.0. The lowest BCUT2D eigenvalue weighted by molar-refractivity contribution is -0.160. The molecule has 0 amide bonds. The van der Waals surface area contributed by atoms with Crippen LogP contribution >= 0.6 is 0 Å². The molecule has 748 valence electrons. The van der Waals surface area contributed by atoms with Crippen LogP contribution < -0.4 is 0 Å². The Bertz CT molecular complexity index is 5870. The lowest BCUT2D eigenvalue weighted by Gasteiger charge is -2.57. The van der Waals surface area contributed by atoms with Gasteiger partial charge in [-0.2, -0.15) is 15.0 Å². The average molecular weight is 1920 g/mol. The summed E-state index contributed by atoms with van der Waals surface area (Å²) in [5.41, 5.74) is -0.489. The predicted octanol–water partition coefficient (Wildman–Crippen LogP) is 21.9. The summed E-state index contributed by atoms with van der Waals surface area (Å²) in [6, 6.07) is 21.1. The molecule has 16 fully saturated rings. The van der Waals surface area contributed by atoms with Gasteiger partial charge in [0.05, 0.1) is 34.1 Å². The van der Waals surface area contributed by atoms with Gasteiger partial charge in [-0.25, -0.2) is 53.9 Å². The Kier molecular flexibility index (Phi) is 25.6. The Morgan fingerprint density at radius 2 is 0.710 bits per heavy atom. The number of fused-ring (bicyclic) bond motifs is 24. The molecule has 0 unspecified atom stereocenters. The maximum absolute atomic E-state index is 13.8. The number of alkyl halides is 6. The van der Waals surface area contributed by atoms with Crippen molar-refractivity contribution in [3.05, 3.63) is 102 Å². The number of aryl methyl sites for hydroxylation is 1. The first-order chi connectivity index (χ1) is 65.8. The number of nitrogens with zero attached hydrogens (tertiary/aromatic N) is 11. The van der Waals surface area contributed by atoms with Crippen LogP contribution in [0.25, 0.3) is 44.1 Å². The summed E-state index contributed by atoms with van der Waals surface area (Å²) in [6.07, 6.45) is 24.0. The van der Waals surface area contributed by atoms with Gasteiger partial charge in [0.25, 0.3) is 19.3 Å². The molecule has 138 heavy (non-hydrogen) atoms. The van der Waals surface area contributed by atoms with E-state index >= 15 is 0 Å². The fraction of sp³-hybridized carbons (Fsp3) is 0.736. The maximum atomic E-state index is 13.8. The van der Waals surface area contributed by atoms with Gasteiger partial charge in [-0.15, -0.1) is 10.2 Å². The van der Waals surface area contributed by atoms with E-state index in [2.05, 4.69) is 69.1 Å². The van der Waals surface area contributed by atoms with E-state index in [9.17, 15) is 79.1 Å². The highest BCUT2D eigenvalue weighted by molar-refractivity contribution is 5.87. The lowest BCUT2D eigenvalue weighted by atomic mass is 9.49. The third-order valence-electron chi connectivity index (χ3n) is 42.6. The molecule has 16 saturated carbocycles. The minimum absolute atomic E-state index is 0.0267. The first kappa shape index (κ1) is 96.6. The monoisotopic (exact) mass is 1920 g/mol. The highest BCUT2D eigenvalue weighted by atomic mass is 19.3. The smallest absolute Gasteiger partial charge is 0.266 e. The number of rotatable bonds is 15. The van der Waals surface area contributed by atoms with E-state index in [1.165, 1.54) is 84.4 Å². The summed E-state index contributed by atoms with van der Waals surface area (Å²) in [6.45, 7) is 11.7. The minimum Gasteiger partial charge on any atom is -0.390 e. The molecule has 8 aromatic rings. The van der Waals surface area contributed by atoms with Gasteiger partial charge in [-0.3, -0.25) is 19.2 Å². The predicted molar refractivity (Wildman–Crippen MR) is 503 cm³/mol. The Balaban J connectivity index is 0.000000110. The van der Waals surface area contributed by atoms with E-state index < -0.39 is 41.7 Å². The Hall–Kier alpha value is -7.56. The van der Waals surface area contributed by atoms with Crippen molar-refractivity contribution >= 4 is 67.3 Å². The number of aromatic nitrogens is 11. The molecule has 32 atom stereocenters. The molecule has 16 aliphatic rings. The number of carbonyl (C=O) groups is 4. The molecule has 0 spiro atoms. The van der Waals surface area contributed by atoms with E-state index in [4.69, 9.17) is 4.98 Å². The van der Waals surface area contributed by atoms with Gasteiger partial charge in [-0.05, 0) is 427 Å². The molecule has 16 aliphatic carbocycles. The van der Waals surface area contributed by atoms with Crippen LogP contribution in [0.1, 0.15) is 272 Å². The number of ketones is 4. The van der Waals surface area contributed by atoms with E-state index in [-0.39, 0.29) is 156 Å². The van der Waals surface area contributed by atoms with Crippen LogP contribution in [0.3, 0.4) is 0 Å². The van der Waals surface area contributed by atoms with E-state index in [1.54, 1.807) is 22.9 Å². The minimum atomic E-state index is -2.67. The summed E-state index contributed by atoms with van der Waals surface area (Å²) < 4.78 is 127. The standard InChI is InChI=1S/C29H40N2O2.3C27H34F3N3O2/c1-28(33)14-12-19-18(17-28)8-9-21-20(19)13-15-29(2)22(21)10-11-23(29)26(32)16-27-30-24-6-4-5-7-25(24)31(27)3;1-26-10-8-18-17-9-11-27(35,25(29)30)13-15(17)2-4-19(18)20(26)5-6-21(26)24(34)14-33-23-7-3-16(28)12-22(23)31-32-33;1-26-10-8-18-17-9-11-27(35,25(29)30)13-15(17)2-4-19(18)20(26)5-6-21(26)24(34)14-33-23-12-16(28)3-7-22(23)31-32-33;1-26-10-8-18-17-9-11-27(35,25(29)30)13-15(17)2-4-19(18)20(26)5-6-21(26)24(34)14-33-31-22-7-3-16(28)12-23(22)32-33/h4-7,18-23,33H,8-17H2,1-3H3;3*3,7,12,15,17-21,25,35H,2,4-6,8-11,13-14H2,1H3/t18-,19+,20-,21-,22+,23-,28-,29+;3*15-,17+,18-,19-,20+,21-,26+,27-/m1111/s1. The summed E-state index contributed by atoms with van der Waals surface area (Å²) in [5.74, 6) is 11.1. The highest BCUT2D eigenvalue weighted by Gasteiger charge is 2.66. The van der Waals surface area contributed by atoms with E-state index in [0.29, 0.717) is 141 Å². The van der Waals surface area contributed by atoms with Crippen molar-refractivity contribution in [2.45, 2.75) is 334 Å². The SMILES string of the molecule is C[C@]12CC[C@H]3[C@@H](CC[C@@H]4C[C@@](O)(C(F)F)CC[C@@H]43)[C@@H]1CC[C@@H]2C(=O)Cn1nc2ccc(F)cc2n1.C[C@]12CC[C@H]3[C@@H](CC[C@@H]4C[C@@](O)(C(F)F)CC[C@@H]43)[C@@H]1CC[C@@H]2C(=O)Cn1nnc2cc(F)ccc21.C[C@]12CC[C@H]3[C@@H](CC[C@@H]4C[C@@](O)(C(F)F)CC[C@@H]43)[C@@H]1CC[C@@H]2C(=O)Cn1nnc2ccc(F)cc21.Cn1c(CC(=O)[C@H]2CC[C@H]3[C@@H]4CC[C@@H]5C[C@](C)(O)CC[C@@H]5[C@H]4CC[C@]23C)nc2ccccc21. The highest BCUT2D eigenvalue weighted by Crippen LogP contribution is 2.71. The topological polar surface area (TPSA) is 259 Å². The van der Waals surface area contributed by atoms with Gasteiger partial charge < -0.3 is 25.0 Å². The number of hydrogen-bond donors (Lipinski definition) is 4. The molecule has 4 N–H and O–H groups in total. The van der Waals surface area contributed by atoms with Crippen molar-refractivity contribution in [2.75, 3.05) is 0 Å². The fourth-order valence-electron chi connectivity index (χ4n) is 36.0. The van der Waals surface area contributed by atoms with Crippen molar-refractivity contribution in [2.24, 2.45) is 171 Å². The third kappa shape index (κ3) is 17.0. The van der Waals surface area contributed by atoms with Crippen LogP contribution in [0.5, 0.6) is 0 Å². The molecule has 4 heterocycles. The van der Waals surface area contributed by atoms with Crippen LogP contribution in [0.2, 0.25) is 0 Å². The summed E-state index contributed by atoms with van der Waals surface area (Å²) in [5, 5.41) is 67.0. The van der Waals surface area contributed by atoms with Crippen molar-refractivity contribution in [3.8, 4) is 0 Å². The number of Topliss-reactive ketones (excluding diaryl/α,β-unsaturated/α-hetero) is 4. The number of para-hydroxylation sites is 2. The number of halogens is 9. The maximum Gasteiger partial charge on any atom is 0.266 e. The molecule has 4 aromatic carbocycles. The lowest BCUT2D eigenvalue weighted by Crippen LogP contribution is -2.53. The molecule has 0 bridgehead atoms. The number of benzene rings is 4. The van der Waals surface area contributed by atoms with E-state index in [0.717, 1.165) is 175 Å². The quantitative estimate of drug-likeness (QED) is 0.0696. The summed E-state index contributed by atoms with van der Waals surface area (Å²) in [4.78, 5) is 60.4. The molecule has 19 nitrogen and oxygen atoms in total. The van der Waals surface area contributed by atoms with Crippen molar-refractivity contribution in [1.82, 2.24) is 54.5 Å². The second-order valence-corrected chi connectivity index (χ2v) is 48.9. The number of imidazole rings is 1. The average Bonchev–Trinajstić information content (AvgIpc) is 1.51. The molecular weight excluding hydrogens is 1770 g/mol. The second-order valence-electron chi connectivity index (χ2n) is 48.9. The van der Waals surface area contributed by atoms with Gasteiger partial charge in [0, 0.05) is 48.9 Å². The van der Waals surface area contributed by atoms with Crippen LogP contribution in [-0.4, -0.2) is 140 Å². The number of hydrogen-bond acceptors (Lipinski definition) is 15. The van der Waals surface area contributed by atoms with Gasteiger partial charge >= 0.3 is 0 Å². The van der Waals surface area contributed by atoms with Gasteiger partial charge in [0.15, 0.2) is 17.3 Å². The number of carbonyl (C=O) groups excluding carboxylic acids is 4. The van der Waals surface area contributed by atoms with Crippen molar-refractivity contribution < 1.29 is 79.1 Å². The first-order valence-corrected chi connectivity index (χ1v) is 53.1. The van der Waals surface area contributed by atoms with Crippen LogP contribution in [0.15, 0.2) is 78.9 Å². The zero-order valence-electron chi connectivity index (χ0n) is 81.1. The van der Waals surface area contributed by atoms with Crippen molar-refractivity contribution in [3.63, 3.8) is 0 Å². The first-order valence-electron chi connectivity index (χ1n) is 53.1. The molecule has 0 aliphatic heterocycles. The third-order valence-corrected chi connectivity index (χ3v) is 42.6. The zero-order chi connectivity index (χ0) is 96.6. The number of aliphatic hydroxyl groups is 4. The van der Waals surface area contributed by atoms with Crippen LogP contribution in [0, 0.1) is 181 Å². The van der Waals surface area contributed by atoms with Gasteiger partial charge in [0.1, 0.15) is 87.6 Å². The zero-order valence-corrected chi connectivity index (χ0v) is 81.1. The largest absolute Gasteiger partial charge is 0.390 e. The van der Waals surface area contributed by atoms with E-state index in [1.807, 2.05) is 32.2 Å². The molecule has 24 rings (SSSR count). The molecule has 0 radical (unpaired) electrons.